The van der Waals surface area contributed by atoms with E-state index in [1.807, 2.05) is 0 Å². The Bertz CT molecular complexity index is 536. The molecule has 0 saturated heterocycles. The SMILES string of the molecule is C=CCC(=O)/C(=C\c1c(C)cc(C)cc1C)[Si](C)(C)C. The number of hydrogen-bond donors (Lipinski definition) is 0. The van der Waals surface area contributed by atoms with Gasteiger partial charge in [-0.3, -0.25) is 4.79 Å². The first kappa shape index (κ1) is 16.6. The summed E-state index contributed by atoms with van der Waals surface area (Å²) >= 11 is 0. The fraction of sp³-hybridized carbons (Fsp3) is 0.389. The Hall–Kier alpha value is -1.41. The van der Waals surface area contributed by atoms with Crippen LogP contribution in [0.5, 0.6) is 0 Å². The van der Waals surface area contributed by atoms with E-state index in [4.69, 9.17) is 0 Å². The van der Waals surface area contributed by atoms with Crippen molar-refractivity contribution >= 4 is 19.9 Å². The molecule has 0 fully saturated rings. The van der Waals surface area contributed by atoms with Gasteiger partial charge in [0.1, 0.15) is 0 Å². The average molecular weight is 286 g/mol. The Morgan fingerprint density at radius 2 is 1.65 bits per heavy atom. The maximum absolute atomic E-state index is 12.4. The van der Waals surface area contributed by atoms with E-state index in [9.17, 15) is 4.79 Å². The number of ketones is 1. The van der Waals surface area contributed by atoms with Crippen LogP contribution in [-0.4, -0.2) is 13.9 Å². The van der Waals surface area contributed by atoms with Gasteiger partial charge in [0, 0.05) is 6.42 Å². The number of benzene rings is 1. The van der Waals surface area contributed by atoms with Crippen molar-refractivity contribution in [2.75, 3.05) is 0 Å². The van der Waals surface area contributed by atoms with Gasteiger partial charge in [0.15, 0.2) is 5.78 Å². The van der Waals surface area contributed by atoms with Crippen LogP contribution in [0.1, 0.15) is 28.7 Å². The van der Waals surface area contributed by atoms with Crippen molar-refractivity contribution in [3.05, 3.63) is 52.2 Å². The minimum atomic E-state index is -1.67. The molecule has 0 amide bonds. The number of aryl methyl sites for hydroxylation is 3. The highest BCUT2D eigenvalue weighted by atomic mass is 28.3. The van der Waals surface area contributed by atoms with E-state index in [1.165, 1.54) is 22.3 Å². The second kappa shape index (κ2) is 6.36. The predicted molar refractivity (Wildman–Crippen MR) is 91.8 cm³/mol. The lowest BCUT2D eigenvalue weighted by molar-refractivity contribution is -0.114. The van der Waals surface area contributed by atoms with E-state index in [0.717, 1.165) is 5.20 Å². The third-order valence-electron chi connectivity index (χ3n) is 3.46. The molecule has 20 heavy (non-hydrogen) atoms. The standard InChI is InChI=1S/C18H26OSi/c1-8-9-17(19)18(20(5,6)7)12-16-14(3)10-13(2)11-15(16)4/h8,10-12H,1,9H2,2-7H3/b18-12+. The van der Waals surface area contributed by atoms with Crippen LogP contribution >= 0.6 is 0 Å². The predicted octanol–water partition coefficient (Wildman–Crippen LogP) is 5.02. The highest BCUT2D eigenvalue weighted by Gasteiger charge is 2.25. The second-order valence-electron chi connectivity index (χ2n) is 6.54. The molecule has 0 bridgehead atoms. The molecule has 1 nitrogen and oxygen atoms in total. The lowest BCUT2D eigenvalue weighted by Gasteiger charge is -2.21. The number of carbonyl (C=O) groups is 1. The van der Waals surface area contributed by atoms with Crippen molar-refractivity contribution < 1.29 is 4.79 Å². The fourth-order valence-electron chi connectivity index (χ4n) is 2.52. The molecular formula is C18H26OSi. The molecule has 0 radical (unpaired) electrons. The van der Waals surface area contributed by atoms with Gasteiger partial charge in [-0.05, 0) is 42.7 Å². The topological polar surface area (TPSA) is 17.1 Å². The molecule has 0 atom stereocenters. The molecule has 1 aromatic rings. The molecular weight excluding hydrogens is 260 g/mol. The van der Waals surface area contributed by atoms with Gasteiger partial charge in [-0.1, -0.05) is 49.5 Å². The van der Waals surface area contributed by atoms with Crippen molar-refractivity contribution in [1.29, 1.82) is 0 Å². The number of rotatable bonds is 5. The van der Waals surface area contributed by atoms with E-state index in [1.54, 1.807) is 6.08 Å². The van der Waals surface area contributed by atoms with Gasteiger partial charge in [-0.25, -0.2) is 0 Å². The zero-order valence-electron chi connectivity index (χ0n) is 13.6. The Labute approximate surface area is 124 Å². The lowest BCUT2D eigenvalue weighted by atomic mass is 9.99. The van der Waals surface area contributed by atoms with Gasteiger partial charge in [-0.2, -0.15) is 0 Å². The van der Waals surface area contributed by atoms with Crippen LogP contribution in [0, 0.1) is 20.8 Å². The molecule has 108 valence electrons. The Morgan fingerprint density at radius 1 is 1.15 bits per heavy atom. The van der Waals surface area contributed by atoms with Crippen LogP contribution in [0.25, 0.3) is 6.08 Å². The third-order valence-corrected chi connectivity index (χ3v) is 5.50. The van der Waals surface area contributed by atoms with Crippen LogP contribution < -0.4 is 0 Å². The molecule has 0 aliphatic rings. The van der Waals surface area contributed by atoms with Gasteiger partial charge < -0.3 is 0 Å². The summed E-state index contributed by atoms with van der Waals surface area (Å²) in [5.74, 6) is 0.221. The summed E-state index contributed by atoms with van der Waals surface area (Å²) in [7, 11) is -1.67. The molecule has 0 aliphatic heterocycles. The maximum atomic E-state index is 12.4. The van der Waals surface area contributed by atoms with Crippen molar-refractivity contribution in [1.82, 2.24) is 0 Å². The summed E-state index contributed by atoms with van der Waals surface area (Å²) in [4.78, 5) is 12.4. The third kappa shape index (κ3) is 4.04. The summed E-state index contributed by atoms with van der Waals surface area (Å²) in [5, 5.41) is 1.01. The van der Waals surface area contributed by atoms with Crippen molar-refractivity contribution in [2.45, 2.75) is 46.8 Å². The van der Waals surface area contributed by atoms with Crippen LogP contribution in [-0.2, 0) is 4.79 Å². The molecule has 0 saturated carbocycles. The summed E-state index contributed by atoms with van der Waals surface area (Å²) in [6.07, 6.45) is 4.26. The Morgan fingerprint density at radius 3 is 2.05 bits per heavy atom. The van der Waals surface area contributed by atoms with Gasteiger partial charge in [0.25, 0.3) is 0 Å². The Kier molecular flexibility index (Phi) is 5.29. The zero-order valence-corrected chi connectivity index (χ0v) is 14.6. The first-order valence-electron chi connectivity index (χ1n) is 7.11. The summed E-state index contributed by atoms with van der Waals surface area (Å²) in [6.45, 7) is 16.7. The van der Waals surface area contributed by atoms with Crippen LogP contribution in [0.15, 0.2) is 30.0 Å². The molecule has 0 heterocycles. The summed E-state index contributed by atoms with van der Waals surface area (Å²) in [6, 6.07) is 4.36. The first-order chi connectivity index (χ1) is 9.16. The highest BCUT2D eigenvalue weighted by Crippen LogP contribution is 2.25. The van der Waals surface area contributed by atoms with Gasteiger partial charge in [-0.15, -0.1) is 6.58 Å². The average Bonchev–Trinajstić information content (AvgIpc) is 2.25. The number of Topliss-reactive ketones (excluding diaryl/α,β-unsaturated/α-hetero) is 1. The molecule has 1 aromatic carbocycles. The molecule has 0 N–H and O–H groups in total. The van der Waals surface area contributed by atoms with Gasteiger partial charge >= 0.3 is 0 Å². The van der Waals surface area contributed by atoms with Crippen molar-refractivity contribution in [2.24, 2.45) is 0 Å². The monoisotopic (exact) mass is 286 g/mol. The summed E-state index contributed by atoms with van der Waals surface area (Å²) < 4.78 is 0. The van der Waals surface area contributed by atoms with Gasteiger partial charge in [0.2, 0.25) is 0 Å². The van der Waals surface area contributed by atoms with E-state index in [0.29, 0.717) is 6.42 Å². The number of hydrogen-bond acceptors (Lipinski definition) is 1. The van der Waals surface area contributed by atoms with Crippen LogP contribution in [0.2, 0.25) is 19.6 Å². The molecule has 0 aromatic heterocycles. The highest BCUT2D eigenvalue weighted by molar-refractivity contribution is 6.88. The van der Waals surface area contributed by atoms with Gasteiger partial charge in [0.05, 0.1) is 8.07 Å². The number of allylic oxidation sites excluding steroid dienone is 2. The van der Waals surface area contributed by atoms with Crippen LogP contribution in [0.3, 0.4) is 0 Å². The van der Waals surface area contributed by atoms with Crippen molar-refractivity contribution in [3.63, 3.8) is 0 Å². The summed E-state index contributed by atoms with van der Waals surface area (Å²) in [5.41, 5.74) is 4.95. The molecule has 0 aliphatic carbocycles. The maximum Gasteiger partial charge on any atom is 0.158 e. The fourth-order valence-corrected chi connectivity index (χ4v) is 4.04. The second-order valence-corrected chi connectivity index (χ2v) is 11.6. The normalized spacial score (nSPS) is 12.4. The largest absolute Gasteiger partial charge is 0.295 e. The van der Waals surface area contributed by atoms with Crippen LogP contribution in [0.4, 0.5) is 0 Å². The first-order valence-corrected chi connectivity index (χ1v) is 10.6. The van der Waals surface area contributed by atoms with E-state index in [2.05, 4.69) is 65.2 Å². The molecule has 2 heteroatoms. The molecule has 1 rings (SSSR count). The number of carbonyl (C=O) groups excluding carboxylic acids is 1. The van der Waals surface area contributed by atoms with E-state index in [-0.39, 0.29) is 5.78 Å². The van der Waals surface area contributed by atoms with E-state index < -0.39 is 8.07 Å². The van der Waals surface area contributed by atoms with E-state index >= 15 is 0 Å². The lowest BCUT2D eigenvalue weighted by Crippen LogP contribution is -2.29. The minimum absolute atomic E-state index is 0.221. The smallest absolute Gasteiger partial charge is 0.158 e. The van der Waals surface area contributed by atoms with Crippen molar-refractivity contribution in [3.8, 4) is 0 Å². The quantitative estimate of drug-likeness (QED) is 0.422. The molecule has 0 spiro atoms. The Balaban J connectivity index is 3.42. The molecule has 0 unspecified atom stereocenters. The minimum Gasteiger partial charge on any atom is -0.295 e. The zero-order chi connectivity index (χ0) is 15.5.